The molecule has 37 heavy (non-hydrogen) atoms. The number of halogens is 1. The van der Waals surface area contributed by atoms with Crippen molar-refractivity contribution in [1.82, 2.24) is 9.80 Å². The maximum absolute atomic E-state index is 13.4. The van der Waals surface area contributed by atoms with E-state index in [2.05, 4.69) is 17.0 Å². The number of methoxy groups -OCH3 is 3. The average Bonchev–Trinajstić information content (AvgIpc) is 3.30. The van der Waals surface area contributed by atoms with Crippen molar-refractivity contribution in [3.05, 3.63) is 89.2 Å². The van der Waals surface area contributed by atoms with Crippen LogP contribution in [0.25, 0.3) is 0 Å². The minimum Gasteiger partial charge on any atom is -0.497 e. The van der Waals surface area contributed by atoms with Crippen LogP contribution in [-0.4, -0.2) is 56.7 Å². The second-order valence-electron chi connectivity index (χ2n) is 9.58. The zero-order valence-corrected chi connectivity index (χ0v) is 21.9. The number of hydrogen-bond acceptors (Lipinski definition) is 5. The molecule has 1 amide bonds. The van der Waals surface area contributed by atoms with Gasteiger partial charge in [0, 0.05) is 51.6 Å². The molecule has 0 bridgehead atoms. The summed E-state index contributed by atoms with van der Waals surface area (Å²) in [6, 6.07) is 20.5. The van der Waals surface area contributed by atoms with Crippen molar-refractivity contribution in [2.75, 3.05) is 41.0 Å². The van der Waals surface area contributed by atoms with Gasteiger partial charge in [0.05, 0.1) is 21.3 Å². The number of ether oxygens (including phenoxy) is 3. The molecule has 196 valence electrons. The summed E-state index contributed by atoms with van der Waals surface area (Å²) in [4.78, 5) is 16.9. The Morgan fingerprint density at radius 1 is 0.865 bits per heavy atom. The molecule has 1 saturated heterocycles. The summed E-state index contributed by atoms with van der Waals surface area (Å²) >= 11 is 0. The van der Waals surface area contributed by atoms with Gasteiger partial charge in [0.2, 0.25) is 5.91 Å². The zero-order chi connectivity index (χ0) is 26.4. The highest BCUT2D eigenvalue weighted by atomic mass is 19.1. The molecule has 0 N–H and O–H groups in total. The van der Waals surface area contributed by atoms with Crippen LogP contribution in [0.5, 0.6) is 17.2 Å². The third kappa shape index (κ3) is 6.80. The van der Waals surface area contributed by atoms with Gasteiger partial charge in [0.25, 0.3) is 0 Å². The van der Waals surface area contributed by atoms with Gasteiger partial charge in [-0.3, -0.25) is 9.69 Å². The maximum atomic E-state index is 13.4. The Morgan fingerprint density at radius 3 is 2.05 bits per heavy atom. The molecule has 7 heteroatoms. The first-order valence-corrected chi connectivity index (χ1v) is 12.5. The average molecular weight is 507 g/mol. The fraction of sp³-hybridized carbons (Fsp3) is 0.367. The Labute approximate surface area is 218 Å². The van der Waals surface area contributed by atoms with Crippen LogP contribution in [0.3, 0.4) is 0 Å². The number of carbonyl (C=O) groups is 1. The van der Waals surface area contributed by atoms with Gasteiger partial charge < -0.3 is 19.1 Å². The first-order chi connectivity index (χ1) is 17.9. The molecule has 3 aromatic rings. The second kappa shape index (κ2) is 12.1. The maximum Gasteiger partial charge on any atom is 0.219 e. The lowest BCUT2D eigenvalue weighted by atomic mass is 9.88. The minimum atomic E-state index is -0.279. The van der Waals surface area contributed by atoms with Gasteiger partial charge in [0.1, 0.15) is 23.1 Å². The van der Waals surface area contributed by atoms with Crippen molar-refractivity contribution in [2.45, 2.75) is 25.9 Å². The van der Waals surface area contributed by atoms with Gasteiger partial charge in [-0.1, -0.05) is 24.3 Å². The van der Waals surface area contributed by atoms with Crippen molar-refractivity contribution in [3.8, 4) is 17.2 Å². The summed E-state index contributed by atoms with van der Waals surface area (Å²) < 4.78 is 29.7. The molecular weight excluding hydrogens is 471 g/mol. The van der Waals surface area contributed by atoms with E-state index in [0.717, 1.165) is 48.0 Å². The second-order valence-corrected chi connectivity index (χ2v) is 9.58. The van der Waals surface area contributed by atoms with Crippen LogP contribution in [0.2, 0.25) is 0 Å². The summed E-state index contributed by atoms with van der Waals surface area (Å²) in [7, 11) is 4.97. The fourth-order valence-corrected chi connectivity index (χ4v) is 5.12. The quantitative estimate of drug-likeness (QED) is 0.382. The van der Waals surface area contributed by atoms with Gasteiger partial charge >= 0.3 is 0 Å². The van der Waals surface area contributed by atoms with Crippen molar-refractivity contribution in [1.29, 1.82) is 0 Å². The van der Waals surface area contributed by atoms with Crippen molar-refractivity contribution < 1.29 is 23.4 Å². The predicted molar refractivity (Wildman–Crippen MR) is 142 cm³/mol. The van der Waals surface area contributed by atoms with Crippen molar-refractivity contribution >= 4 is 5.91 Å². The van der Waals surface area contributed by atoms with Gasteiger partial charge in [-0.15, -0.1) is 0 Å². The Balaban J connectivity index is 1.56. The molecule has 3 aromatic carbocycles. The van der Waals surface area contributed by atoms with E-state index in [1.54, 1.807) is 40.4 Å². The summed E-state index contributed by atoms with van der Waals surface area (Å²) in [6.45, 7) is 5.11. The Kier molecular flexibility index (Phi) is 8.66. The van der Waals surface area contributed by atoms with Crippen LogP contribution in [0.15, 0.2) is 66.7 Å². The van der Waals surface area contributed by atoms with E-state index in [4.69, 9.17) is 14.2 Å². The van der Waals surface area contributed by atoms with Crippen molar-refractivity contribution in [3.63, 3.8) is 0 Å². The summed E-state index contributed by atoms with van der Waals surface area (Å²) in [6.07, 6.45) is 0. The van der Waals surface area contributed by atoms with E-state index >= 15 is 0 Å². The molecule has 1 aliphatic heterocycles. The molecule has 1 aliphatic rings. The molecule has 1 heterocycles. The van der Waals surface area contributed by atoms with E-state index in [1.807, 2.05) is 35.2 Å². The SMILES string of the molecule is COc1ccc([C@H]2CN(Cc3cc(OC)cc(OC)c3)C[C@@H]2CN(Cc2ccc(F)cc2)C(C)=O)cc1. The van der Waals surface area contributed by atoms with E-state index < -0.39 is 0 Å². The van der Waals surface area contributed by atoms with Crippen LogP contribution in [0, 0.1) is 11.7 Å². The number of hydrogen-bond donors (Lipinski definition) is 0. The van der Waals surface area contributed by atoms with E-state index in [9.17, 15) is 9.18 Å². The largest absolute Gasteiger partial charge is 0.497 e. The summed E-state index contributed by atoms with van der Waals surface area (Å²) in [5.41, 5.74) is 3.25. The summed E-state index contributed by atoms with van der Waals surface area (Å²) in [5.74, 6) is 2.55. The third-order valence-electron chi connectivity index (χ3n) is 7.06. The minimum absolute atomic E-state index is 0.00814. The highest BCUT2D eigenvalue weighted by Crippen LogP contribution is 2.36. The topological polar surface area (TPSA) is 51.2 Å². The van der Waals surface area contributed by atoms with Crippen molar-refractivity contribution in [2.24, 2.45) is 5.92 Å². The highest BCUT2D eigenvalue weighted by Gasteiger charge is 2.35. The molecular formula is C30H35FN2O4. The van der Waals surface area contributed by atoms with Crippen LogP contribution >= 0.6 is 0 Å². The molecule has 1 fully saturated rings. The van der Waals surface area contributed by atoms with Gasteiger partial charge in [0.15, 0.2) is 0 Å². The fourth-order valence-electron chi connectivity index (χ4n) is 5.12. The van der Waals surface area contributed by atoms with Crippen LogP contribution < -0.4 is 14.2 Å². The number of amides is 1. The first kappa shape index (κ1) is 26.5. The molecule has 0 saturated carbocycles. The lowest BCUT2D eigenvalue weighted by Gasteiger charge is -2.28. The smallest absolute Gasteiger partial charge is 0.219 e. The Hall–Kier alpha value is -3.58. The number of benzene rings is 3. The molecule has 2 atom stereocenters. The number of carbonyl (C=O) groups excluding carboxylic acids is 1. The standard InChI is InChI=1S/C30H35FN2O4/c1-21(34)33(17-22-5-9-26(31)10-6-22)19-25-18-32(16-23-13-28(36-3)15-29(14-23)37-4)20-30(25)24-7-11-27(35-2)12-8-24/h5-15,25,30H,16-20H2,1-4H3/t25-,30-/m1/s1. The van der Waals surface area contributed by atoms with E-state index in [1.165, 1.54) is 17.7 Å². The molecule has 0 unspecified atom stereocenters. The first-order valence-electron chi connectivity index (χ1n) is 12.5. The van der Waals surface area contributed by atoms with Crippen LogP contribution in [-0.2, 0) is 17.9 Å². The third-order valence-corrected chi connectivity index (χ3v) is 7.06. The number of rotatable bonds is 10. The lowest BCUT2D eigenvalue weighted by molar-refractivity contribution is -0.130. The van der Waals surface area contributed by atoms with Gasteiger partial charge in [-0.25, -0.2) is 4.39 Å². The summed E-state index contributed by atoms with van der Waals surface area (Å²) in [5, 5.41) is 0. The van der Waals surface area contributed by atoms with Crippen LogP contribution in [0.4, 0.5) is 4.39 Å². The Bertz CT molecular complexity index is 1160. The van der Waals surface area contributed by atoms with E-state index in [0.29, 0.717) is 13.1 Å². The molecule has 0 aromatic heterocycles. The predicted octanol–water partition coefficient (Wildman–Crippen LogP) is 5.12. The molecule has 6 nitrogen and oxygen atoms in total. The zero-order valence-electron chi connectivity index (χ0n) is 21.9. The van der Waals surface area contributed by atoms with E-state index in [-0.39, 0.29) is 23.6 Å². The van der Waals surface area contributed by atoms with Gasteiger partial charge in [-0.05, 0) is 59.0 Å². The normalized spacial score (nSPS) is 17.4. The number of likely N-dealkylation sites (tertiary alicyclic amines) is 1. The molecule has 4 rings (SSSR count). The monoisotopic (exact) mass is 506 g/mol. The molecule has 0 aliphatic carbocycles. The van der Waals surface area contributed by atoms with Crippen LogP contribution in [0.1, 0.15) is 29.5 Å². The molecule has 0 spiro atoms. The molecule has 0 radical (unpaired) electrons. The Morgan fingerprint density at radius 2 is 1.49 bits per heavy atom. The number of nitrogens with zero attached hydrogens (tertiary/aromatic N) is 2. The lowest BCUT2D eigenvalue weighted by Crippen LogP contribution is -2.35. The van der Waals surface area contributed by atoms with Gasteiger partial charge in [-0.2, -0.15) is 0 Å². The highest BCUT2D eigenvalue weighted by molar-refractivity contribution is 5.73.